The number of H-pyrrole nitrogens is 1. The Bertz CT molecular complexity index is 779. The molecular formula is C17H20N4. The van der Waals surface area contributed by atoms with Crippen LogP contribution in [0.3, 0.4) is 0 Å². The Balaban J connectivity index is 2.04. The molecule has 3 rings (SSSR count). The van der Waals surface area contributed by atoms with Crippen LogP contribution in [0.15, 0.2) is 18.5 Å². The molecule has 0 aliphatic heterocycles. The van der Waals surface area contributed by atoms with Gasteiger partial charge in [-0.3, -0.25) is 0 Å². The standard InChI is InChI=1S/C17H20N4/c1-5-16-20-11(3)14(12(4)21-16)7-13-9-19-17-15(13)6-10(2)8-18-17/h6,8-9H,5,7H2,1-4H3,(H,18,19). The Morgan fingerprint density at radius 2 is 1.81 bits per heavy atom. The van der Waals surface area contributed by atoms with E-state index in [4.69, 9.17) is 0 Å². The van der Waals surface area contributed by atoms with E-state index >= 15 is 0 Å². The van der Waals surface area contributed by atoms with Crippen LogP contribution in [0.4, 0.5) is 0 Å². The Kier molecular flexibility index (Phi) is 3.45. The molecule has 4 heteroatoms. The summed E-state index contributed by atoms with van der Waals surface area (Å²) in [6.07, 6.45) is 5.65. The van der Waals surface area contributed by atoms with Gasteiger partial charge < -0.3 is 4.98 Å². The van der Waals surface area contributed by atoms with E-state index < -0.39 is 0 Å². The van der Waals surface area contributed by atoms with E-state index in [-0.39, 0.29) is 0 Å². The maximum absolute atomic E-state index is 4.59. The normalized spacial score (nSPS) is 11.2. The van der Waals surface area contributed by atoms with Gasteiger partial charge in [-0.25, -0.2) is 15.0 Å². The number of rotatable bonds is 3. The van der Waals surface area contributed by atoms with Crippen molar-refractivity contribution in [2.24, 2.45) is 0 Å². The summed E-state index contributed by atoms with van der Waals surface area (Å²) in [5.74, 6) is 0.921. The third kappa shape index (κ3) is 2.53. The molecule has 0 aliphatic rings. The first-order valence-electron chi connectivity index (χ1n) is 7.34. The third-order valence-electron chi connectivity index (χ3n) is 3.90. The first kappa shape index (κ1) is 13.7. The molecule has 0 amide bonds. The minimum atomic E-state index is 0.840. The van der Waals surface area contributed by atoms with Gasteiger partial charge in [0.15, 0.2) is 0 Å². The fourth-order valence-corrected chi connectivity index (χ4v) is 2.72. The van der Waals surface area contributed by atoms with Crippen LogP contribution in [0, 0.1) is 20.8 Å². The van der Waals surface area contributed by atoms with Crippen LogP contribution >= 0.6 is 0 Å². The van der Waals surface area contributed by atoms with Gasteiger partial charge in [-0.05, 0) is 43.5 Å². The smallest absolute Gasteiger partial charge is 0.137 e. The maximum Gasteiger partial charge on any atom is 0.137 e. The van der Waals surface area contributed by atoms with Crippen molar-refractivity contribution in [3.05, 3.63) is 52.4 Å². The van der Waals surface area contributed by atoms with Crippen molar-refractivity contribution >= 4 is 11.0 Å². The molecule has 0 saturated heterocycles. The number of nitrogens with zero attached hydrogens (tertiary/aromatic N) is 3. The zero-order chi connectivity index (χ0) is 15.0. The number of aromatic nitrogens is 4. The van der Waals surface area contributed by atoms with Crippen LogP contribution in [0.5, 0.6) is 0 Å². The SMILES string of the molecule is CCc1nc(C)c(Cc2c[nH]c3ncc(C)cc23)c(C)n1. The van der Waals surface area contributed by atoms with Gasteiger partial charge in [0.1, 0.15) is 11.5 Å². The summed E-state index contributed by atoms with van der Waals surface area (Å²) in [6, 6.07) is 2.18. The molecule has 0 unspecified atom stereocenters. The quantitative estimate of drug-likeness (QED) is 0.799. The Labute approximate surface area is 124 Å². The van der Waals surface area contributed by atoms with Gasteiger partial charge in [-0.2, -0.15) is 0 Å². The van der Waals surface area contributed by atoms with E-state index in [2.05, 4.69) is 53.7 Å². The topological polar surface area (TPSA) is 54.5 Å². The molecule has 0 spiro atoms. The molecule has 0 radical (unpaired) electrons. The lowest BCUT2D eigenvalue weighted by molar-refractivity contribution is 0.868. The van der Waals surface area contributed by atoms with Crippen molar-refractivity contribution in [1.29, 1.82) is 0 Å². The number of nitrogens with one attached hydrogen (secondary N) is 1. The van der Waals surface area contributed by atoms with E-state index in [1.165, 1.54) is 22.1 Å². The highest BCUT2D eigenvalue weighted by Gasteiger charge is 2.12. The highest BCUT2D eigenvalue weighted by Crippen LogP contribution is 2.23. The lowest BCUT2D eigenvalue weighted by Crippen LogP contribution is -2.05. The molecule has 0 atom stereocenters. The first-order chi connectivity index (χ1) is 10.1. The lowest BCUT2D eigenvalue weighted by Gasteiger charge is -2.10. The number of pyridine rings is 1. The summed E-state index contributed by atoms with van der Waals surface area (Å²) in [4.78, 5) is 16.9. The van der Waals surface area contributed by atoms with Gasteiger partial charge in [0.05, 0.1) is 0 Å². The predicted octanol–water partition coefficient (Wildman–Crippen LogP) is 3.43. The number of aryl methyl sites for hydroxylation is 4. The average Bonchev–Trinajstić information content (AvgIpc) is 2.84. The highest BCUT2D eigenvalue weighted by molar-refractivity contribution is 5.80. The van der Waals surface area contributed by atoms with Gasteiger partial charge in [-0.1, -0.05) is 6.92 Å². The van der Waals surface area contributed by atoms with Crippen LogP contribution in [0.25, 0.3) is 11.0 Å². The predicted molar refractivity (Wildman–Crippen MR) is 84.5 cm³/mol. The molecule has 108 valence electrons. The Hall–Kier alpha value is -2.23. The van der Waals surface area contributed by atoms with Gasteiger partial charge in [0.2, 0.25) is 0 Å². The maximum atomic E-state index is 4.59. The summed E-state index contributed by atoms with van der Waals surface area (Å²) in [5, 5.41) is 1.19. The summed E-state index contributed by atoms with van der Waals surface area (Å²) in [7, 11) is 0. The summed E-state index contributed by atoms with van der Waals surface area (Å²) in [5.41, 5.74) is 6.74. The zero-order valence-electron chi connectivity index (χ0n) is 13.0. The minimum absolute atomic E-state index is 0.840. The molecule has 3 aromatic heterocycles. The van der Waals surface area contributed by atoms with Crippen molar-refractivity contribution < 1.29 is 0 Å². The van der Waals surface area contributed by atoms with Crippen LogP contribution < -0.4 is 0 Å². The Morgan fingerprint density at radius 3 is 2.48 bits per heavy atom. The summed E-state index contributed by atoms with van der Waals surface area (Å²) in [6.45, 7) is 8.30. The summed E-state index contributed by atoms with van der Waals surface area (Å²) >= 11 is 0. The molecule has 4 nitrogen and oxygen atoms in total. The number of aromatic amines is 1. The van der Waals surface area contributed by atoms with Crippen molar-refractivity contribution in [3.8, 4) is 0 Å². The van der Waals surface area contributed by atoms with E-state index in [9.17, 15) is 0 Å². The second kappa shape index (κ2) is 5.28. The molecule has 3 heterocycles. The van der Waals surface area contributed by atoms with Crippen molar-refractivity contribution in [2.45, 2.75) is 40.5 Å². The fourth-order valence-electron chi connectivity index (χ4n) is 2.72. The van der Waals surface area contributed by atoms with Gasteiger partial charge >= 0.3 is 0 Å². The molecular weight excluding hydrogens is 260 g/mol. The Morgan fingerprint density at radius 1 is 1.10 bits per heavy atom. The molecule has 0 aliphatic carbocycles. The largest absolute Gasteiger partial charge is 0.346 e. The van der Waals surface area contributed by atoms with Crippen LogP contribution in [-0.4, -0.2) is 19.9 Å². The number of fused-ring (bicyclic) bond motifs is 1. The van der Waals surface area contributed by atoms with E-state index in [0.29, 0.717) is 0 Å². The van der Waals surface area contributed by atoms with Gasteiger partial charge in [0, 0.05) is 42.0 Å². The second-order valence-corrected chi connectivity index (χ2v) is 5.54. The zero-order valence-corrected chi connectivity index (χ0v) is 13.0. The van der Waals surface area contributed by atoms with Crippen LogP contribution in [0.1, 0.15) is 40.8 Å². The first-order valence-corrected chi connectivity index (χ1v) is 7.34. The molecule has 0 fully saturated rings. The lowest BCUT2D eigenvalue weighted by atomic mass is 10.0. The molecule has 0 aromatic carbocycles. The number of hydrogen-bond acceptors (Lipinski definition) is 3. The monoisotopic (exact) mass is 280 g/mol. The molecule has 0 saturated carbocycles. The number of hydrogen-bond donors (Lipinski definition) is 1. The van der Waals surface area contributed by atoms with Crippen LogP contribution in [-0.2, 0) is 12.8 Å². The van der Waals surface area contributed by atoms with Crippen LogP contribution in [0.2, 0.25) is 0 Å². The molecule has 0 bridgehead atoms. The van der Waals surface area contributed by atoms with E-state index in [1.54, 1.807) is 0 Å². The summed E-state index contributed by atoms with van der Waals surface area (Å²) < 4.78 is 0. The minimum Gasteiger partial charge on any atom is -0.346 e. The van der Waals surface area contributed by atoms with Crippen molar-refractivity contribution in [2.75, 3.05) is 0 Å². The molecule has 1 N–H and O–H groups in total. The van der Waals surface area contributed by atoms with E-state index in [1.807, 2.05) is 12.4 Å². The third-order valence-corrected chi connectivity index (χ3v) is 3.90. The highest BCUT2D eigenvalue weighted by atomic mass is 14.9. The van der Waals surface area contributed by atoms with Gasteiger partial charge in [0.25, 0.3) is 0 Å². The van der Waals surface area contributed by atoms with Crippen molar-refractivity contribution in [1.82, 2.24) is 19.9 Å². The van der Waals surface area contributed by atoms with Gasteiger partial charge in [-0.15, -0.1) is 0 Å². The molecule has 21 heavy (non-hydrogen) atoms. The average molecular weight is 280 g/mol. The second-order valence-electron chi connectivity index (χ2n) is 5.54. The molecule has 3 aromatic rings. The fraction of sp³-hybridized carbons (Fsp3) is 0.353. The van der Waals surface area contributed by atoms with E-state index in [0.717, 1.165) is 35.7 Å². The van der Waals surface area contributed by atoms with Crippen molar-refractivity contribution in [3.63, 3.8) is 0 Å².